The van der Waals surface area contributed by atoms with Crippen molar-refractivity contribution in [3.63, 3.8) is 0 Å². The van der Waals surface area contributed by atoms with Gasteiger partial charge < -0.3 is 10.2 Å². The van der Waals surface area contributed by atoms with Crippen LogP contribution in [0.2, 0.25) is 0 Å². The normalized spacial score (nSPS) is 32.6. The van der Waals surface area contributed by atoms with E-state index in [0.717, 1.165) is 12.0 Å². The molecule has 4 heteroatoms. The van der Waals surface area contributed by atoms with Gasteiger partial charge in [0.15, 0.2) is 0 Å². The van der Waals surface area contributed by atoms with E-state index in [0.29, 0.717) is 0 Å². The Balaban J connectivity index is 0.00000112. The molecule has 0 aliphatic carbocycles. The van der Waals surface area contributed by atoms with E-state index in [4.69, 9.17) is 0 Å². The number of halogens is 1. The molecule has 0 aromatic carbocycles. The van der Waals surface area contributed by atoms with Crippen LogP contribution in [0.15, 0.2) is 0 Å². The zero-order valence-electron chi connectivity index (χ0n) is 9.58. The van der Waals surface area contributed by atoms with Crippen LogP contribution in [0.4, 0.5) is 0 Å². The summed E-state index contributed by atoms with van der Waals surface area (Å²) < 4.78 is 0. The molecule has 2 rings (SSSR count). The molecule has 90 valence electrons. The Morgan fingerprint density at radius 2 is 2.27 bits per heavy atom. The van der Waals surface area contributed by atoms with E-state index in [-0.39, 0.29) is 12.4 Å². The number of thioether (sulfide) groups is 1. The molecule has 0 spiro atoms. The molecule has 0 saturated carbocycles. The number of nitrogens with one attached hydrogen (secondary N) is 1. The Morgan fingerprint density at radius 3 is 2.93 bits per heavy atom. The molecule has 1 N–H and O–H groups in total. The standard InChI is InChI=1S/C11H22N2S.ClH/c1-12-11-3-2-5-13(8-11)7-10-4-6-14-9-10;/h10-12H,2-9H2,1H3;1H. The van der Waals surface area contributed by atoms with E-state index in [9.17, 15) is 0 Å². The lowest BCUT2D eigenvalue weighted by Gasteiger charge is -2.33. The zero-order valence-corrected chi connectivity index (χ0v) is 11.2. The Labute approximate surface area is 104 Å². The second kappa shape index (κ2) is 7.00. The van der Waals surface area contributed by atoms with E-state index >= 15 is 0 Å². The summed E-state index contributed by atoms with van der Waals surface area (Å²) in [4.78, 5) is 2.67. The van der Waals surface area contributed by atoms with Crippen LogP contribution in [0.25, 0.3) is 0 Å². The number of nitrogens with zero attached hydrogens (tertiary/aromatic N) is 1. The van der Waals surface area contributed by atoms with Crippen LogP contribution < -0.4 is 5.32 Å². The first-order chi connectivity index (χ1) is 6.88. The number of likely N-dealkylation sites (tertiary alicyclic amines) is 1. The summed E-state index contributed by atoms with van der Waals surface area (Å²) in [7, 11) is 2.10. The van der Waals surface area contributed by atoms with Gasteiger partial charge >= 0.3 is 0 Å². The van der Waals surface area contributed by atoms with Gasteiger partial charge in [-0.1, -0.05) is 0 Å². The van der Waals surface area contributed by atoms with Crippen molar-refractivity contribution in [1.82, 2.24) is 10.2 Å². The van der Waals surface area contributed by atoms with E-state index in [2.05, 4.69) is 29.0 Å². The largest absolute Gasteiger partial charge is 0.316 e. The highest BCUT2D eigenvalue weighted by atomic mass is 35.5. The predicted molar refractivity (Wildman–Crippen MR) is 71.2 cm³/mol. The fraction of sp³-hybridized carbons (Fsp3) is 1.00. The van der Waals surface area contributed by atoms with E-state index in [1.807, 2.05) is 0 Å². The molecule has 2 saturated heterocycles. The number of hydrogen-bond donors (Lipinski definition) is 1. The lowest BCUT2D eigenvalue weighted by atomic mass is 10.0. The van der Waals surface area contributed by atoms with Gasteiger partial charge in [-0.3, -0.25) is 0 Å². The van der Waals surface area contributed by atoms with Crippen molar-refractivity contribution >= 4 is 24.2 Å². The Hall–Kier alpha value is 0.560. The number of likely N-dealkylation sites (N-methyl/N-ethyl adjacent to an activating group) is 1. The lowest BCUT2D eigenvalue weighted by Crippen LogP contribution is -2.45. The van der Waals surface area contributed by atoms with Gasteiger partial charge in [-0.05, 0) is 50.3 Å². The second-order valence-corrected chi connectivity index (χ2v) is 5.77. The van der Waals surface area contributed by atoms with Crippen LogP contribution in [0, 0.1) is 5.92 Å². The van der Waals surface area contributed by atoms with Crippen molar-refractivity contribution in [3.05, 3.63) is 0 Å². The van der Waals surface area contributed by atoms with Gasteiger partial charge in [-0.25, -0.2) is 0 Å². The van der Waals surface area contributed by atoms with Crippen molar-refractivity contribution in [3.8, 4) is 0 Å². The van der Waals surface area contributed by atoms with Crippen LogP contribution in [0.1, 0.15) is 19.3 Å². The fourth-order valence-electron chi connectivity index (χ4n) is 2.55. The molecule has 0 bridgehead atoms. The minimum absolute atomic E-state index is 0. The summed E-state index contributed by atoms with van der Waals surface area (Å²) in [6.07, 6.45) is 4.20. The Bertz CT molecular complexity index is 174. The first-order valence-corrected chi connectivity index (χ1v) is 7.01. The molecule has 2 fully saturated rings. The highest BCUT2D eigenvalue weighted by Gasteiger charge is 2.23. The first-order valence-electron chi connectivity index (χ1n) is 5.86. The van der Waals surface area contributed by atoms with Gasteiger partial charge in [0.05, 0.1) is 0 Å². The highest BCUT2D eigenvalue weighted by molar-refractivity contribution is 7.99. The average molecular weight is 251 g/mol. The van der Waals surface area contributed by atoms with Crippen molar-refractivity contribution in [1.29, 1.82) is 0 Å². The van der Waals surface area contributed by atoms with Crippen molar-refractivity contribution < 1.29 is 0 Å². The highest BCUT2D eigenvalue weighted by Crippen LogP contribution is 2.25. The van der Waals surface area contributed by atoms with Crippen LogP contribution in [0.3, 0.4) is 0 Å². The first kappa shape index (κ1) is 13.6. The van der Waals surface area contributed by atoms with Crippen LogP contribution in [0.5, 0.6) is 0 Å². The summed E-state index contributed by atoms with van der Waals surface area (Å²) in [6.45, 7) is 3.96. The van der Waals surface area contributed by atoms with Crippen LogP contribution in [-0.4, -0.2) is 49.1 Å². The van der Waals surface area contributed by atoms with E-state index < -0.39 is 0 Å². The molecule has 2 aliphatic rings. The number of hydrogen-bond acceptors (Lipinski definition) is 3. The number of rotatable bonds is 3. The summed E-state index contributed by atoms with van der Waals surface area (Å²) in [5.41, 5.74) is 0. The summed E-state index contributed by atoms with van der Waals surface area (Å²) >= 11 is 2.14. The van der Waals surface area contributed by atoms with E-state index in [1.165, 1.54) is 50.4 Å². The third-order valence-electron chi connectivity index (χ3n) is 3.45. The van der Waals surface area contributed by atoms with Gasteiger partial charge in [-0.15, -0.1) is 12.4 Å². The molecule has 0 aromatic rings. The molecular formula is C11H23ClN2S. The molecule has 15 heavy (non-hydrogen) atoms. The Kier molecular flexibility index (Phi) is 6.36. The zero-order chi connectivity index (χ0) is 9.80. The molecule has 0 radical (unpaired) electrons. The Morgan fingerprint density at radius 1 is 1.40 bits per heavy atom. The minimum Gasteiger partial charge on any atom is -0.316 e. The van der Waals surface area contributed by atoms with Gasteiger partial charge in [0.1, 0.15) is 0 Å². The van der Waals surface area contributed by atoms with Crippen molar-refractivity contribution in [2.24, 2.45) is 5.92 Å². The predicted octanol–water partition coefficient (Wildman–Crippen LogP) is 1.85. The maximum Gasteiger partial charge on any atom is 0.0192 e. The molecular weight excluding hydrogens is 228 g/mol. The lowest BCUT2D eigenvalue weighted by molar-refractivity contribution is 0.174. The van der Waals surface area contributed by atoms with Crippen molar-refractivity contribution in [2.45, 2.75) is 25.3 Å². The maximum absolute atomic E-state index is 3.41. The fourth-order valence-corrected chi connectivity index (χ4v) is 3.82. The minimum atomic E-state index is 0. The molecule has 2 aliphatic heterocycles. The summed E-state index contributed by atoms with van der Waals surface area (Å²) in [6, 6.07) is 0.748. The molecule has 2 atom stereocenters. The molecule has 0 amide bonds. The molecule has 2 heterocycles. The van der Waals surface area contributed by atoms with Gasteiger partial charge in [0.2, 0.25) is 0 Å². The molecule has 2 nitrogen and oxygen atoms in total. The van der Waals surface area contributed by atoms with Gasteiger partial charge in [0, 0.05) is 19.1 Å². The summed E-state index contributed by atoms with van der Waals surface area (Å²) in [5.74, 6) is 3.78. The van der Waals surface area contributed by atoms with Crippen LogP contribution in [-0.2, 0) is 0 Å². The number of piperidine rings is 1. The maximum atomic E-state index is 3.41. The topological polar surface area (TPSA) is 15.3 Å². The molecule has 2 unspecified atom stereocenters. The van der Waals surface area contributed by atoms with Crippen LogP contribution >= 0.6 is 24.2 Å². The summed E-state index contributed by atoms with van der Waals surface area (Å²) in [5, 5.41) is 3.41. The quantitative estimate of drug-likeness (QED) is 0.823. The van der Waals surface area contributed by atoms with Gasteiger partial charge in [0.25, 0.3) is 0 Å². The smallest absolute Gasteiger partial charge is 0.0192 e. The average Bonchev–Trinajstić information content (AvgIpc) is 2.71. The van der Waals surface area contributed by atoms with E-state index in [1.54, 1.807) is 0 Å². The van der Waals surface area contributed by atoms with Gasteiger partial charge in [-0.2, -0.15) is 11.8 Å². The van der Waals surface area contributed by atoms with Crippen molar-refractivity contribution in [2.75, 3.05) is 38.2 Å². The SMILES string of the molecule is CNC1CCCN(CC2CCSC2)C1.Cl. The third kappa shape index (κ3) is 4.14. The monoisotopic (exact) mass is 250 g/mol. The third-order valence-corrected chi connectivity index (χ3v) is 4.69. The second-order valence-electron chi connectivity index (χ2n) is 4.62. The molecule has 0 aromatic heterocycles.